The molecule has 4 nitrogen and oxygen atoms in total. The van der Waals surface area contributed by atoms with E-state index in [2.05, 4.69) is 0 Å². The third-order valence-electron chi connectivity index (χ3n) is 1.85. The first-order valence-electron chi connectivity index (χ1n) is 5.57. The molecule has 0 aliphatic rings. The van der Waals surface area contributed by atoms with E-state index in [1.54, 1.807) is 6.55 Å². The van der Waals surface area contributed by atoms with E-state index in [-0.39, 0.29) is 57.4 Å². The smallest absolute Gasteiger partial charge is 0.473 e. The second-order valence-corrected chi connectivity index (χ2v) is 5.81. The summed E-state index contributed by atoms with van der Waals surface area (Å²) in [6, 6.07) is 0. The van der Waals surface area contributed by atoms with Gasteiger partial charge in [0.05, 0.1) is 0 Å². The predicted octanol–water partition coefficient (Wildman–Crippen LogP) is 1.98. The van der Waals surface area contributed by atoms with Gasteiger partial charge in [0, 0.05) is 77.6 Å². The van der Waals surface area contributed by atoms with Gasteiger partial charge in [-0.05, 0) is 20.3 Å². The van der Waals surface area contributed by atoms with Crippen LogP contribution in [0.4, 0.5) is 0 Å². The van der Waals surface area contributed by atoms with Gasteiger partial charge >= 0.3 is 8.80 Å². The van der Waals surface area contributed by atoms with Crippen LogP contribution in [-0.2, 0) is 18.1 Å². The topological polar surface area (TPSA) is 44.8 Å². The first kappa shape index (κ1) is 19.6. The Kier molecular flexibility index (Phi) is 13.9. The molecule has 0 saturated carbocycles. The maximum Gasteiger partial charge on any atom is 0.564 e. The number of hydrogen-bond acceptors (Lipinski definition) is 4. The molecule has 0 amide bonds. The SMILES string of the molecule is CCCCC(=O)O[Si](C)(OCC)OCC.[K]. The van der Waals surface area contributed by atoms with Crippen molar-refractivity contribution in [2.45, 2.75) is 46.6 Å². The molecule has 0 fully saturated rings. The van der Waals surface area contributed by atoms with Crippen LogP contribution >= 0.6 is 0 Å². The molecule has 0 aliphatic heterocycles. The van der Waals surface area contributed by atoms with E-state index in [0.717, 1.165) is 12.8 Å². The van der Waals surface area contributed by atoms with Crippen LogP contribution in [0.2, 0.25) is 6.55 Å². The third kappa shape index (κ3) is 9.29. The maximum atomic E-state index is 11.4. The second-order valence-electron chi connectivity index (χ2n) is 3.31. The Hall–Kier alpha value is 1.24. The molecule has 16 heavy (non-hydrogen) atoms. The van der Waals surface area contributed by atoms with E-state index in [4.69, 9.17) is 13.3 Å². The molecule has 0 aromatic carbocycles. The zero-order chi connectivity index (χ0) is 11.7. The average molecular weight is 273 g/mol. The molecule has 0 bridgehead atoms. The van der Waals surface area contributed by atoms with E-state index in [9.17, 15) is 4.79 Å². The average Bonchev–Trinajstić information content (AvgIpc) is 2.15. The zero-order valence-electron chi connectivity index (χ0n) is 11.2. The molecule has 0 heterocycles. The molecule has 0 atom stereocenters. The van der Waals surface area contributed by atoms with Gasteiger partial charge in [0.1, 0.15) is 0 Å². The molecule has 0 saturated heterocycles. The van der Waals surface area contributed by atoms with Crippen molar-refractivity contribution in [2.75, 3.05) is 13.2 Å². The fourth-order valence-electron chi connectivity index (χ4n) is 1.20. The van der Waals surface area contributed by atoms with Gasteiger partial charge in [0.25, 0.3) is 5.97 Å². The maximum absolute atomic E-state index is 11.4. The van der Waals surface area contributed by atoms with Gasteiger partial charge in [-0.25, -0.2) is 0 Å². The van der Waals surface area contributed by atoms with E-state index < -0.39 is 8.80 Å². The minimum atomic E-state index is -2.71. The van der Waals surface area contributed by atoms with Crippen molar-refractivity contribution in [3.05, 3.63) is 0 Å². The summed E-state index contributed by atoms with van der Waals surface area (Å²) in [6.07, 6.45) is 2.28. The Bertz CT molecular complexity index is 184. The van der Waals surface area contributed by atoms with Crippen LogP contribution in [0.1, 0.15) is 40.0 Å². The fourth-order valence-corrected chi connectivity index (χ4v) is 2.97. The van der Waals surface area contributed by atoms with Crippen molar-refractivity contribution in [1.82, 2.24) is 0 Å². The van der Waals surface area contributed by atoms with Gasteiger partial charge in [-0.3, -0.25) is 4.79 Å². The van der Waals surface area contributed by atoms with Crippen LogP contribution in [0.5, 0.6) is 0 Å². The molecule has 0 unspecified atom stereocenters. The summed E-state index contributed by atoms with van der Waals surface area (Å²) in [5.74, 6) is -0.215. The van der Waals surface area contributed by atoms with E-state index >= 15 is 0 Å². The van der Waals surface area contributed by atoms with Crippen LogP contribution in [0, 0.1) is 0 Å². The first-order valence-corrected chi connectivity index (χ1v) is 7.80. The van der Waals surface area contributed by atoms with Crippen molar-refractivity contribution in [3.8, 4) is 0 Å². The Morgan fingerprint density at radius 2 is 1.62 bits per heavy atom. The number of rotatable bonds is 8. The first-order chi connectivity index (χ1) is 7.08. The second kappa shape index (κ2) is 11.3. The predicted molar refractivity (Wildman–Crippen MR) is 66.2 cm³/mol. The van der Waals surface area contributed by atoms with E-state index in [0.29, 0.717) is 19.6 Å². The Morgan fingerprint density at radius 3 is 2.00 bits per heavy atom. The summed E-state index contributed by atoms with van der Waals surface area (Å²) >= 11 is 0. The molecule has 0 aromatic heterocycles. The van der Waals surface area contributed by atoms with Crippen LogP contribution < -0.4 is 0 Å². The molecule has 0 rings (SSSR count). The fraction of sp³-hybridized carbons (Fsp3) is 0.900. The zero-order valence-corrected chi connectivity index (χ0v) is 15.3. The summed E-state index contributed by atoms with van der Waals surface area (Å²) in [6.45, 7) is 8.53. The molecule has 6 heteroatoms. The molecule has 0 aromatic rings. The Balaban J connectivity index is 0. The molecule has 1 radical (unpaired) electrons. The summed E-state index contributed by atoms with van der Waals surface area (Å²) in [4.78, 5) is 11.4. The molecule has 91 valence electrons. The van der Waals surface area contributed by atoms with E-state index in [1.165, 1.54) is 0 Å². The minimum Gasteiger partial charge on any atom is -0.473 e. The normalized spacial score (nSPS) is 10.8. The minimum absolute atomic E-state index is 0. The van der Waals surface area contributed by atoms with Gasteiger partial charge in [-0.1, -0.05) is 13.3 Å². The molecule has 0 spiro atoms. The van der Waals surface area contributed by atoms with Gasteiger partial charge in [0.15, 0.2) is 0 Å². The van der Waals surface area contributed by atoms with Crippen molar-refractivity contribution < 1.29 is 18.1 Å². The van der Waals surface area contributed by atoms with Crippen molar-refractivity contribution >= 4 is 66.2 Å². The van der Waals surface area contributed by atoms with Crippen molar-refractivity contribution in [1.29, 1.82) is 0 Å². The molecule has 0 N–H and O–H groups in total. The molecule has 0 aliphatic carbocycles. The van der Waals surface area contributed by atoms with Crippen LogP contribution in [0.3, 0.4) is 0 Å². The Labute approximate surface area is 142 Å². The largest absolute Gasteiger partial charge is 0.564 e. The molecular weight excluding hydrogens is 251 g/mol. The number of unbranched alkanes of at least 4 members (excludes halogenated alkanes) is 1. The van der Waals surface area contributed by atoms with Crippen LogP contribution in [0.15, 0.2) is 0 Å². The summed E-state index contributed by atoms with van der Waals surface area (Å²) in [7, 11) is -2.71. The number of hydrogen-bond donors (Lipinski definition) is 0. The van der Waals surface area contributed by atoms with Crippen molar-refractivity contribution in [2.24, 2.45) is 0 Å². The van der Waals surface area contributed by atoms with Gasteiger partial charge in [-0.2, -0.15) is 0 Å². The van der Waals surface area contributed by atoms with Crippen LogP contribution in [-0.4, -0.2) is 79.4 Å². The number of carbonyl (C=O) groups excluding carboxylic acids is 1. The number of carbonyl (C=O) groups is 1. The van der Waals surface area contributed by atoms with Crippen LogP contribution in [0.25, 0.3) is 0 Å². The Morgan fingerprint density at radius 1 is 1.12 bits per heavy atom. The summed E-state index contributed by atoms with van der Waals surface area (Å²) < 4.78 is 16.1. The summed E-state index contributed by atoms with van der Waals surface area (Å²) in [5.41, 5.74) is 0. The standard InChI is InChI=1S/C10H22O4Si.K/c1-5-8-9-10(11)14-15(4,12-6-2)13-7-3;/h5-9H2,1-4H3;. The van der Waals surface area contributed by atoms with E-state index in [1.807, 2.05) is 20.8 Å². The van der Waals surface area contributed by atoms with Gasteiger partial charge in [-0.15, -0.1) is 0 Å². The monoisotopic (exact) mass is 273 g/mol. The molecular formula is C10H22KO4Si. The van der Waals surface area contributed by atoms with Crippen molar-refractivity contribution in [3.63, 3.8) is 0 Å². The van der Waals surface area contributed by atoms with Gasteiger partial charge < -0.3 is 13.3 Å². The summed E-state index contributed by atoms with van der Waals surface area (Å²) in [5, 5.41) is 0. The van der Waals surface area contributed by atoms with Gasteiger partial charge in [0.2, 0.25) is 0 Å². The quantitative estimate of drug-likeness (QED) is 0.634. The third-order valence-corrected chi connectivity index (χ3v) is 4.07.